The molecule has 2 nitrogen and oxygen atoms in total. The number of rotatable bonds is 7. The normalized spacial score (nSPS) is 9.52. The fraction of sp³-hybridized carbons (Fsp3) is 0.231. The van der Waals surface area contributed by atoms with Crippen LogP contribution in [0.2, 0.25) is 0 Å². The molecule has 0 saturated carbocycles. The molecule has 3 aromatic rings. The molecule has 2 N–H and O–H groups in total. The highest BCUT2D eigenvalue weighted by atomic mass is 32.1. The largest absolute Gasteiger partial charge is 0.361 e. The molecule has 1 heterocycles. The van der Waals surface area contributed by atoms with Gasteiger partial charge in [0.25, 0.3) is 0 Å². The summed E-state index contributed by atoms with van der Waals surface area (Å²) in [6.07, 6.45) is 4.57. The summed E-state index contributed by atoms with van der Waals surface area (Å²) >= 11 is 1.73. The summed E-state index contributed by atoms with van der Waals surface area (Å²) in [5, 5.41) is 8.32. The lowest BCUT2D eigenvalue weighted by atomic mass is 9.88. The molecule has 0 aliphatic carbocycles. The van der Waals surface area contributed by atoms with E-state index < -0.39 is 0 Å². The molecule has 0 radical (unpaired) electrons. The van der Waals surface area contributed by atoms with E-state index in [1.807, 2.05) is 20.0 Å². The zero-order valence-corrected chi connectivity index (χ0v) is 18.7. The summed E-state index contributed by atoms with van der Waals surface area (Å²) in [5.41, 5.74) is 3.96. The van der Waals surface area contributed by atoms with E-state index in [4.69, 9.17) is 0 Å². The first-order valence-electron chi connectivity index (χ1n) is 9.90. The third kappa shape index (κ3) is 9.42. The molecule has 0 spiro atoms. The molecule has 3 heteroatoms. The first-order valence-corrected chi connectivity index (χ1v) is 10.8. The molecule has 3 rings (SSSR count). The molecule has 0 bridgehead atoms. The zero-order valence-electron chi connectivity index (χ0n) is 17.9. The molecule has 0 fully saturated rings. The maximum Gasteiger partial charge on any atom is 0.0517 e. The predicted molar refractivity (Wildman–Crippen MR) is 132 cm³/mol. The molecule has 29 heavy (non-hydrogen) atoms. The van der Waals surface area contributed by atoms with Crippen LogP contribution in [0.25, 0.3) is 0 Å². The lowest BCUT2D eigenvalue weighted by Crippen LogP contribution is -2.13. The van der Waals surface area contributed by atoms with E-state index in [1.54, 1.807) is 23.6 Å². The lowest BCUT2D eigenvalue weighted by molar-refractivity contribution is 0.662. The van der Waals surface area contributed by atoms with Crippen molar-refractivity contribution in [2.45, 2.75) is 26.2 Å². The monoisotopic (exact) mass is 406 g/mol. The van der Waals surface area contributed by atoms with Gasteiger partial charge in [0, 0.05) is 10.8 Å². The van der Waals surface area contributed by atoms with Crippen molar-refractivity contribution in [1.29, 1.82) is 0 Å². The average molecular weight is 407 g/mol. The van der Waals surface area contributed by atoms with E-state index in [1.165, 1.54) is 16.0 Å². The number of thiophene rings is 1. The van der Waals surface area contributed by atoms with Crippen LogP contribution in [0.3, 0.4) is 0 Å². The highest BCUT2D eigenvalue weighted by Crippen LogP contribution is 2.27. The van der Waals surface area contributed by atoms with Crippen LogP contribution in [-0.2, 0) is 0 Å². The Labute approximate surface area is 181 Å². The van der Waals surface area contributed by atoms with Crippen molar-refractivity contribution in [3.8, 4) is 0 Å². The van der Waals surface area contributed by atoms with Gasteiger partial charge in [-0.15, -0.1) is 17.9 Å². The van der Waals surface area contributed by atoms with Crippen LogP contribution >= 0.6 is 11.3 Å². The topological polar surface area (TPSA) is 24.1 Å². The third-order valence-corrected chi connectivity index (χ3v) is 5.05. The molecule has 0 aliphatic heterocycles. The Morgan fingerprint density at radius 1 is 0.931 bits per heavy atom. The van der Waals surface area contributed by atoms with Gasteiger partial charge in [0.05, 0.1) is 5.69 Å². The van der Waals surface area contributed by atoms with Crippen LogP contribution in [-0.4, -0.2) is 13.6 Å². The van der Waals surface area contributed by atoms with Crippen LogP contribution in [0.4, 0.5) is 5.69 Å². The summed E-state index contributed by atoms with van der Waals surface area (Å²) in [7, 11) is 2.01. The summed E-state index contributed by atoms with van der Waals surface area (Å²) < 4.78 is 0. The Morgan fingerprint density at radius 3 is 1.83 bits per heavy atom. The van der Waals surface area contributed by atoms with Gasteiger partial charge in [-0.3, -0.25) is 0 Å². The molecule has 2 aromatic carbocycles. The van der Waals surface area contributed by atoms with Crippen molar-refractivity contribution in [2.75, 3.05) is 18.9 Å². The third-order valence-electron chi connectivity index (χ3n) is 4.20. The average Bonchev–Trinajstić information content (AvgIpc) is 3.16. The van der Waals surface area contributed by atoms with Gasteiger partial charge >= 0.3 is 0 Å². The van der Waals surface area contributed by atoms with Crippen molar-refractivity contribution >= 4 is 17.0 Å². The smallest absolute Gasteiger partial charge is 0.0517 e. The second-order valence-electron chi connectivity index (χ2n) is 6.41. The SMILES string of the molecule is C=CC.C=CNc1ccsc1C.CNCCC(c1ccccc1)c1ccccc1. The Kier molecular flexibility index (Phi) is 12.9. The molecule has 154 valence electrons. The van der Waals surface area contributed by atoms with E-state index in [2.05, 4.69) is 96.8 Å². The molecule has 0 atom stereocenters. The number of hydrogen-bond donors (Lipinski definition) is 2. The molecule has 0 unspecified atom stereocenters. The molecular formula is C26H34N2S. The number of hydrogen-bond acceptors (Lipinski definition) is 3. The number of benzene rings is 2. The molecule has 0 aliphatic rings. The van der Waals surface area contributed by atoms with E-state index in [0.29, 0.717) is 5.92 Å². The summed E-state index contributed by atoms with van der Waals surface area (Å²) in [4.78, 5) is 1.30. The van der Waals surface area contributed by atoms with Gasteiger partial charge < -0.3 is 10.6 Å². The van der Waals surface area contributed by atoms with Crippen molar-refractivity contribution < 1.29 is 0 Å². The summed E-state index contributed by atoms with van der Waals surface area (Å²) in [6.45, 7) is 11.9. The van der Waals surface area contributed by atoms with Crippen molar-refractivity contribution in [3.63, 3.8) is 0 Å². The number of allylic oxidation sites excluding steroid dienone is 1. The van der Waals surface area contributed by atoms with Gasteiger partial charge in [-0.25, -0.2) is 0 Å². The number of aryl methyl sites for hydroxylation is 1. The maximum atomic E-state index is 3.57. The van der Waals surface area contributed by atoms with E-state index >= 15 is 0 Å². The minimum Gasteiger partial charge on any atom is -0.361 e. The van der Waals surface area contributed by atoms with Crippen LogP contribution in [0, 0.1) is 6.92 Å². The van der Waals surface area contributed by atoms with Gasteiger partial charge in [0.1, 0.15) is 0 Å². The van der Waals surface area contributed by atoms with Crippen molar-refractivity contribution in [3.05, 3.63) is 114 Å². The first kappa shape index (κ1) is 24.4. The second-order valence-corrected chi connectivity index (χ2v) is 7.53. The van der Waals surface area contributed by atoms with Gasteiger partial charge in [0.2, 0.25) is 0 Å². The lowest BCUT2D eigenvalue weighted by Gasteiger charge is -2.17. The van der Waals surface area contributed by atoms with Crippen LogP contribution in [0.1, 0.15) is 35.3 Å². The van der Waals surface area contributed by atoms with Crippen LogP contribution in [0.15, 0.2) is 97.5 Å². The Balaban J connectivity index is 0.000000294. The van der Waals surface area contributed by atoms with Crippen molar-refractivity contribution in [1.82, 2.24) is 5.32 Å². The zero-order chi connectivity index (χ0) is 21.3. The highest BCUT2D eigenvalue weighted by molar-refractivity contribution is 7.10. The molecule has 1 aromatic heterocycles. The summed E-state index contributed by atoms with van der Waals surface area (Å²) in [6, 6.07) is 23.5. The highest BCUT2D eigenvalue weighted by Gasteiger charge is 2.12. The number of nitrogens with one attached hydrogen (secondary N) is 2. The Bertz CT molecular complexity index is 754. The molecular weight excluding hydrogens is 372 g/mol. The van der Waals surface area contributed by atoms with E-state index in [0.717, 1.165) is 18.7 Å². The number of anilines is 1. The van der Waals surface area contributed by atoms with Gasteiger partial charge in [-0.1, -0.05) is 73.3 Å². The van der Waals surface area contributed by atoms with Crippen LogP contribution < -0.4 is 10.6 Å². The predicted octanol–water partition coefficient (Wildman–Crippen LogP) is 7.23. The maximum absolute atomic E-state index is 3.57. The second kappa shape index (κ2) is 15.3. The van der Waals surface area contributed by atoms with E-state index in [9.17, 15) is 0 Å². The minimum atomic E-state index is 0.491. The summed E-state index contributed by atoms with van der Waals surface area (Å²) in [5.74, 6) is 0.491. The fourth-order valence-electron chi connectivity index (χ4n) is 2.83. The Hall–Kier alpha value is -2.62. The standard InChI is InChI=1S/C16H19N.C7H9NS.C3H6/c1-17-13-12-16(14-8-4-2-5-9-14)15-10-6-3-7-11-15;1-3-8-7-4-5-9-6(7)2;1-3-2/h2-11,16-17H,12-13H2,1H3;3-5,8H,1H2,2H3;3H,1H2,2H3. The fourth-order valence-corrected chi connectivity index (χ4v) is 3.49. The minimum absolute atomic E-state index is 0.491. The van der Waals surface area contributed by atoms with Gasteiger partial charge in [-0.05, 0) is 62.6 Å². The van der Waals surface area contributed by atoms with Gasteiger partial charge in [-0.2, -0.15) is 0 Å². The van der Waals surface area contributed by atoms with Crippen molar-refractivity contribution in [2.24, 2.45) is 0 Å². The van der Waals surface area contributed by atoms with Crippen LogP contribution in [0.5, 0.6) is 0 Å². The molecule has 0 amide bonds. The quantitative estimate of drug-likeness (QED) is 0.404. The van der Waals surface area contributed by atoms with Gasteiger partial charge in [0.15, 0.2) is 0 Å². The van der Waals surface area contributed by atoms with E-state index in [-0.39, 0.29) is 0 Å². The Morgan fingerprint density at radius 2 is 1.45 bits per heavy atom. The molecule has 0 saturated heterocycles. The first-order chi connectivity index (χ1) is 14.2.